The summed E-state index contributed by atoms with van der Waals surface area (Å²) in [7, 11) is 0. The van der Waals surface area contributed by atoms with Gasteiger partial charge in [0.1, 0.15) is 5.69 Å². The smallest absolute Gasteiger partial charge is 0.274 e. The second-order valence-electron chi connectivity index (χ2n) is 6.26. The molecule has 2 aromatic rings. The summed E-state index contributed by atoms with van der Waals surface area (Å²) < 4.78 is 0. The summed E-state index contributed by atoms with van der Waals surface area (Å²) in [4.78, 5) is 25.4. The van der Waals surface area contributed by atoms with Crippen LogP contribution in [-0.4, -0.2) is 34.1 Å². The highest BCUT2D eigenvalue weighted by Gasteiger charge is 2.25. The van der Waals surface area contributed by atoms with E-state index in [2.05, 4.69) is 41.4 Å². The number of carbonyl (C=O) groups is 1. The highest BCUT2D eigenvalue weighted by Crippen LogP contribution is 2.22. The minimum absolute atomic E-state index is 0.102. The second-order valence-corrected chi connectivity index (χ2v) is 6.26. The Balaban J connectivity index is 1.65. The van der Waals surface area contributed by atoms with E-state index < -0.39 is 0 Å². The zero-order chi connectivity index (χ0) is 16.2. The third-order valence-corrected chi connectivity index (χ3v) is 4.35. The molecule has 0 spiro atoms. The van der Waals surface area contributed by atoms with Crippen molar-refractivity contribution in [2.75, 3.05) is 13.1 Å². The lowest BCUT2D eigenvalue weighted by Crippen LogP contribution is -2.41. The SMILES string of the molecule is Cc1ccc(CC2CCCN(C(=O)c3ccc(=O)[nH]n3)C2)cc1. The number of H-pyrrole nitrogens is 1. The molecule has 0 radical (unpaired) electrons. The number of aromatic nitrogens is 2. The summed E-state index contributed by atoms with van der Waals surface area (Å²) >= 11 is 0. The van der Waals surface area contributed by atoms with Crippen LogP contribution in [0.1, 0.15) is 34.5 Å². The number of benzene rings is 1. The maximum atomic E-state index is 12.5. The Labute approximate surface area is 135 Å². The third kappa shape index (κ3) is 3.86. The first-order chi connectivity index (χ1) is 11.1. The Morgan fingerprint density at radius 2 is 2.04 bits per heavy atom. The van der Waals surface area contributed by atoms with Crippen molar-refractivity contribution < 1.29 is 4.79 Å². The number of aryl methyl sites for hydroxylation is 1. The van der Waals surface area contributed by atoms with E-state index in [1.165, 1.54) is 23.3 Å². The average Bonchev–Trinajstić information content (AvgIpc) is 2.57. The molecule has 1 aliphatic heterocycles. The predicted octanol–water partition coefficient (Wildman–Crippen LogP) is 2.17. The number of carbonyl (C=O) groups excluding carboxylic acids is 1. The van der Waals surface area contributed by atoms with Crippen LogP contribution < -0.4 is 5.56 Å². The number of likely N-dealkylation sites (tertiary alicyclic amines) is 1. The molecular weight excluding hydrogens is 290 g/mol. The fourth-order valence-electron chi connectivity index (χ4n) is 3.10. The van der Waals surface area contributed by atoms with Crippen molar-refractivity contribution in [3.05, 3.63) is 63.6 Å². The van der Waals surface area contributed by atoms with Gasteiger partial charge in [-0.2, -0.15) is 5.10 Å². The predicted molar refractivity (Wildman–Crippen MR) is 88.4 cm³/mol. The molecule has 1 aromatic heterocycles. The molecule has 3 rings (SSSR count). The summed E-state index contributed by atoms with van der Waals surface area (Å²) in [6.45, 7) is 3.58. The lowest BCUT2D eigenvalue weighted by atomic mass is 9.91. The molecular formula is C18H21N3O2. The van der Waals surface area contributed by atoms with Gasteiger partial charge in [-0.15, -0.1) is 0 Å². The summed E-state index contributed by atoms with van der Waals surface area (Å²) in [6.07, 6.45) is 3.13. The standard InChI is InChI=1S/C18H21N3O2/c1-13-4-6-14(7-5-13)11-15-3-2-10-21(12-15)18(23)16-8-9-17(22)20-19-16/h4-9,15H,2-3,10-12H2,1H3,(H,20,22). The molecule has 1 unspecified atom stereocenters. The lowest BCUT2D eigenvalue weighted by molar-refractivity contribution is 0.0666. The van der Waals surface area contributed by atoms with Gasteiger partial charge in [0, 0.05) is 19.2 Å². The number of nitrogens with zero attached hydrogens (tertiary/aromatic N) is 2. The number of piperidine rings is 1. The van der Waals surface area contributed by atoms with Crippen molar-refractivity contribution in [3.63, 3.8) is 0 Å². The first-order valence-electron chi connectivity index (χ1n) is 8.02. The molecule has 5 heteroatoms. The molecule has 1 atom stereocenters. The topological polar surface area (TPSA) is 66.1 Å². The molecule has 23 heavy (non-hydrogen) atoms. The molecule has 1 aromatic carbocycles. The second kappa shape index (κ2) is 6.77. The van der Waals surface area contributed by atoms with Crippen molar-refractivity contribution in [2.24, 2.45) is 5.92 Å². The molecule has 0 aliphatic carbocycles. The molecule has 1 saturated heterocycles. The molecule has 1 amide bonds. The van der Waals surface area contributed by atoms with Crippen molar-refractivity contribution in [1.82, 2.24) is 15.1 Å². The van der Waals surface area contributed by atoms with Gasteiger partial charge in [-0.1, -0.05) is 29.8 Å². The highest BCUT2D eigenvalue weighted by molar-refractivity contribution is 5.92. The highest BCUT2D eigenvalue weighted by atomic mass is 16.2. The van der Waals surface area contributed by atoms with Gasteiger partial charge in [0.25, 0.3) is 11.5 Å². The largest absolute Gasteiger partial charge is 0.337 e. The van der Waals surface area contributed by atoms with E-state index in [4.69, 9.17) is 0 Å². The number of rotatable bonds is 3. The molecule has 0 saturated carbocycles. The van der Waals surface area contributed by atoms with Gasteiger partial charge in [0.15, 0.2) is 0 Å². The van der Waals surface area contributed by atoms with Crippen LogP contribution >= 0.6 is 0 Å². The Morgan fingerprint density at radius 1 is 1.26 bits per heavy atom. The maximum absolute atomic E-state index is 12.5. The van der Waals surface area contributed by atoms with Gasteiger partial charge >= 0.3 is 0 Å². The van der Waals surface area contributed by atoms with Gasteiger partial charge in [-0.05, 0) is 43.7 Å². The lowest BCUT2D eigenvalue weighted by Gasteiger charge is -2.32. The molecule has 120 valence electrons. The summed E-state index contributed by atoms with van der Waals surface area (Å²) in [6, 6.07) is 11.4. The summed E-state index contributed by atoms with van der Waals surface area (Å²) in [5, 5.41) is 6.17. The van der Waals surface area contributed by atoms with E-state index in [1.807, 2.05) is 4.90 Å². The van der Waals surface area contributed by atoms with Gasteiger partial charge in [0.05, 0.1) is 0 Å². The van der Waals surface area contributed by atoms with Crippen LogP contribution in [0.25, 0.3) is 0 Å². The number of nitrogens with one attached hydrogen (secondary N) is 1. The van der Waals surface area contributed by atoms with Crippen LogP contribution in [0, 0.1) is 12.8 Å². The van der Waals surface area contributed by atoms with Crippen LogP contribution in [0.4, 0.5) is 0 Å². The molecule has 1 N–H and O–H groups in total. The fraction of sp³-hybridized carbons (Fsp3) is 0.389. The summed E-state index contributed by atoms with van der Waals surface area (Å²) in [5.41, 5.74) is 2.59. The van der Waals surface area contributed by atoms with Gasteiger partial charge < -0.3 is 4.90 Å². The minimum Gasteiger partial charge on any atom is -0.337 e. The van der Waals surface area contributed by atoms with Gasteiger partial charge in [0.2, 0.25) is 0 Å². The number of hydrogen-bond acceptors (Lipinski definition) is 3. The van der Waals surface area contributed by atoms with Crippen molar-refractivity contribution in [3.8, 4) is 0 Å². The Morgan fingerprint density at radius 3 is 2.74 bits per heavy atom. The normalized spacial score (nSPS) is 18.0. The van der Waals surface area contributed by atoms with Crippen LogP contribution in [0.15, 0.2) is 41.2 Å². The molecule has 1 aliphatic rings. The van der Waals surface area contributed by atoms with Gasteiger partial charge in [-0.25, -0.2) is 5.10 Å². The molecule has 0 bridgehead atoms. The zero-order valence-corrected chi connectivity index (χ0v) is 13.3. The Hall–Kier alpha value is -2.43. The van der Waals surface area contributed by atoms with E-state index in [0.717, 1.165) is 32.4 Å². The molecule has 2 heterocycles. The maximum Gasteiger partial charge on any atom is 0.274 e. The van der Waals surface area contributed by atoms with Crippen molar-refractivity contribution >= 4 is 5.91 Å². The summed E-state index contributed by atoms with van der Waals surface area (Å²) in [5.74, 6) is 0.369. The zero-order valence-electron chi connectivity index (χ0n) is 13.3. The Kier molecular flexibility index (Phi) is 4.55. The van der Waals surface area contributed by atoms with Crippen LogP contribution in [-0.2, 0) is 6.42 Å². The van der Waals surface area contributed by atoms with Crippen LogP contribution in [0.2, 0.25) is 0 Å². The first-order valence-corrected chi connectivity index (χ1v) is 8.02. The van der Waals surface area contributed by atoms with Crippen LogP contribution in [0.3, 0.4) is 0 Å². The van der Waals surface area contributed by atoms with E-state index in [9.17, 15) is 9.59 Å². The van der Waals surface area contributed by atoms with Gasteiger partial charge in [-0.3, -0.25) is 9.59 Å². The fourth-order valence-corrected chi connectivity index (χ4v) is 3.10. The molecule has 1 fully saturated rings. The minimum atomic E-state index is -0.294. The van der Waals surface area contributed by atoms with E-state index in [-0.39, 0.29) is 11.5 Å². The number of amides is 1. The average molecular weight is 311 g/mol. The van der Waals surface area contributed by atoms with Crippen molar-refractivity contribution in [1.29, 1.82) is 0 Å². The quantitative estimate of drug-likeness (QED) is 0.945. The molecule has 5 nitrogen and oxygen atoms in total. The van der Waals surface area contributed by atoms with E-state index >= 15 is 0 Å². The Bertz CT molecular complexity index is 716. The third-order valence-electron chi connectivity index (χ3n) is 4.35. The number of hydrogen-bond donors (Lipinski definition) is 1. The van der Waals surface area contributed by atoms with Crippen molar-refractivity contribution in [2.45, 2.75) is 26.2 Å². The van der Waals surface area contributed by atoms with Crippen LogP contribution in [0.5, 0.6) is 0 Å². The van der Waals surface area contributed by atoms with E-state index in [0.29, 0.717) is 11.6 Å². The van der Waals surface area contributed by atoms with E-state index in [1.54, 1.807) is 0 Å². The monoisotopic (exact) mass is 311 g/mol. The number of aromatic amines is 1. The first kappa shape index (κ1) is 15.5.